The fourth-order valence-corrected chi connectivity index (χ4v) is 4.08. The summed E-state index contributed by atoms with van der Waals surface area (Å²) in [5, 5.41) is 8.99. The topological polar surface area (TPSA) is 70.8 Å². The van der Waals surface area contributed by atoms with Gasteiger partial charge in [-0.1, -0.05) is 12.8 Å². The van der Waals surface area contributed by atoms with Gasteiger partial charge in [0.15, 0.2) is 0 Å². The predicted molar refractivity (Wildman–Crippen MR) is 66.6 cm³/mol. The highest BCUT2D eigenvalue weighted by molar-refractivity contribution is 7.89. The minimum atomic E-state index is -3.51. The van der Waals surface area contributed by atoms with Crippen molar-refractivity contribution < 1.29 is 17.9 Å². The van der Waals surface area contributed by atoms with Crippen molar-refractivity contribution in [2.24, 2.45) is 0 Å². The fourth-order valence-electron chi connectivity index (χ4n) is 2.48. The van der Waals surface area contributed by atoms with E-state index in [4.69, 9.17) is 9.52 Å². The van der Waals surface area contributed by atoms with Crippen LogP contribution in [0.4, 0.5) is 0 Å². The van der Waals surface area contributed by atoms with E-state index < -0.39 is 10.0 Å². The number of aliphatic hydroxyl groups is 1. The lowest BCUT2D eigenvalue weighted by molar-refractivity contribution is 0.244. The van der Waals surface area contributed by atoms with Crippen molar-refractivity contribution >= 4 is 10.0 Å². The maximum atomic E-state index is 12.5. The molecule has 1 aromatic heterocycles. The van der Waals surface area contributed by atoms with Crippen LogP contribution in [0.5, 0.6) is 0 Å². The van der Waals surface area contributed by atoms with Crippen LogP contribution >= 0.6 is 0 Å². The second kappa shape index (κ2) is 5.03. The molecule has 1 heterocycles. The molecule has 6 heteroatoms. The molecule has 0 amide bonds. The second-order valence-electron chi connectivity index (χ2n) is 4.75. The van der Waals surface area contributed by atoms with E-state index in [2.05, 4.69) is 0 Å². The highest BCUT2D eigenvalue weighted by Gasteiger charge is 2.32. The number of nitrogens with zero attached hydrogens (tertiary/aromatic N) is 1. The summed E-state index contributed by atoms with van der Waals surface area (Å²) in [4.78, 5) is 0.168. The number of aliphatic hydroxyl groups excluding tert-OH is 1. The van der Waals surface area contributed by atoms with Crippen LogP contribution in [0.25, 0.3) is 0 Å². The maximum Gasteiger partial charge on any atom is 0.246 e. The Balaban J connectivity index is 2.31. The molecule has 0 aliphatic heterocycles. The van der Waals surface area contributed by atoms with Gasteiger partial charge in [-0.3, -0.25) is 0 Å². The molecule has 1 saturated carbocycles. The van der Waals surface area contributed by atoms with Crippen molar-refractivity contribution in [1.29, 1.82) is 0 Å². The van der Waals surface area contributed by atoms with Crippen molar-refractivity contribution in [3.05, 3.63) is 17.6 Å². The molecule has 0 bridgehead atoms. The Morgan fingerprint density at radius 2 is 2.06 bits per heavy atom. The zero-order valence-electron chi connectivity index (χ0n) is 10.7. The lowest BCUT2D eigenvalue weighted by Crippen LogP contribution is -2.35. The molecule has 0 spiro atoms. The van der Waals surface area contributed by atoms with E-state index in [0.717, 1.165) is 25.7 Å². The summed E-state index contributed by atoms with van der Waals surface area (Å²) in [6.45, 7) is 1.32. The molecular weight excluding hydrogens is 254 g/mol. The number of hydrogen-bond acceptors (Lipinski definition) is 4. The highest BCUT2D eigenvalue weighted by Crippen LogP contribution is 2.29. The molecule has 5 nitrogen and oxygen atoms in total. The van der Waals surface area contributed by atoms with Gasteiger partial charge in [-0.2, -0.15) is 4.31 Å². The lowest BCUT2D eigenvalue weighted by Gasteiger charge is -2.23. The number of rotatable bonds is 4. The van der Waals surface area contributed by atoms with E-state index in [-0.39, 0.29) is 23.3 Å². The Hall–Kier alpha value is -0.850. The van der Waals surface area contributed by atoms with Gasteiger partial charge in [0, 0.05) is 19.2 Å². The molecule has 1 N–H and O–H groups in total. The van der Waals surface area contributed by atoms with Crippen LogP contribution in [-0.2, 0) is 16.6 Å². The van der Waals surface area contributed by atoms with Gasteiger partial charge in [0.1, 0.15) is 23.0 Å². The van der Waals surface area contributed by atoms with Gasteiger partial charge < -0.3 is 9.52 Å². The summed E-state index contributed by atoms with van der Waals surface area (Å²) in [5.74, 6) is 0.620. The molecule has 2 rings (SSSR count). The SMILES string of the molecule is Cc1oc(CO)cc1S(=O)(=O)N(C)C1CCCC1. The first-order chi connectivity index (χ1) is 8.46. The quantitative estimate of drug-likeness (QED) is 0.905. The van der Waals surface area contributed by atoms with Gasteiger partial charge >= 0.3 is 0 Å². The maximum absolute atomic E-state index is 12.5. The zero-order valence-corrected chi connectivity index (χ0v) is 11.5. The van der Waals surface area contributed by atoms with Gasteiger partial charge in [-0.15, -0.1) is 0 Å². The summed E-state index contributed by atoms with van der Waals surface area (Å²) in [6.07, 6.45) is 3.99. The van der Waals surface area contributed by atoms with Gasteiger partial charge in [0.05, 0.1) is 0 Å². The Morgan fingerprint density at radius 3 is 2.56 bits per heavy atom. The third-order valence-corrected chi connectivity index (χ3v) is 5.59. The molecule has 102 valence electrons. The molecule has 1 aliphatic carbocycles. The van der Waals surface area contributed by atoms with Crippen molar-refractivity contribution in [2.75, 3.05) is 7.05 Å². The highest BCUT2D eigenvalue weighted by atomic mass is 32.2. The first kappa shape index (κ1) is 13.6. The average molecular weight is 273 g/mol. The van der Waals surface area contributed by atoms with E-state index in [9.17, 15) is 8.42 Å². The van der Waals surface area contributed by atoms with Gasteiger partial charge in [-0.25, -0.2) is 8.42 Å². The monoisotopic (exact) mass is 273 g/mol. The van der Waals surface area contributed by atoms with E-state index in [1.807, 2.05) is 0 Å². The first-order valence-electron chi connectivity index (χ1n) is 6.15. The minimum Gasteiger partial charge on any atom is -0.462 e. The van der Waals surface area contributed by atoms with Crippen molar-refractivity contribution in [2.45, 2.75) is 50.2 Å². The normalized spacial score (nSPS) is 17.8. The smallest absolute Gasteiger partial charge is 0.246 e. The standard InChI is InChI=1S/C12H19NO4S/c1-9-12(7-11(8-14)17-9)18(15,16)13(2)10-5-3-4-6-10/h7,10,14H,3-6,8H2,1-2H3. The van der Waals surface area contributed by atoms with Crippen LogP contribution in [0.1, 0.15) is 37.2 Å². The van der Waals surface area contributed by atoms with Gasteiger partial charge in [-0.05, 0) is 19.8 Å². The molecule has 0 atom stereocenters. The Bertz CT molecular complexity index is 514. The number of furan rings is 1. The van der Waals surface area contributed by atoms with Crippen LogP contribution in [0.3, 0.4) is 0 Å². The first-order valence-corrected chi connectivity index (χ1v) is 7.59. The summed E-state index contributed by atoms with van der Waals surface area (Å²) < 4.78 is 31.6. The Morgan fingerprint density at radius 1 is 1.44 bits per heavy atom. The third kappa shape index (κ3) is 2.32. The van der Waals surface area contributed by atoms with E-state index in [1.165, 1.54) is 10.4 Å². The molecule has 0 aromatic carbocycles. The van der Waals surface area contributed by atoms with Crippen LogP contribution < -0.4 is 0 Å². The van der Waals surface area contributed by atoms with Crippen molar-refractivity contribution in [1.82, 2.24) is 4.31 Å². The van der Waals surface area contributed by atoms with Gasteiger partial charge in [0.25, 0.3) is 0 Å². The van der Waals surface area contributed by atoms with E-state index in [1.54, 1.807) is 14.0 Å². The molecule has 0 unspecified atom stereocenters. The summed E-state index contributed by atoms with van der Waals surface area (Å²) in [6, 6.07) is 1.50. The molecular formula is C12H19NO4S. The van der Waals surface area contributed by atoms with Gasteiger partial charge in [0.2, 0.25) is 10.0 Å². The molecule has 0 saturated heterocycles. The third-order valence-electron chi connectivity index (χ3n) is 3.58. The lowest BCUT2D eigenvalue weighted by atomic mass is 10.3. The predicted octanol–water partition coefficient (Wildman–Crippen LogP) is 1.64. The molecule has 0 radical (unpaired) electrons. The molecule has 1 fully saturated rings. The molecule has 1 aliphatic rings. The Labute approximate surface area is 107 Å². The summed E-state index contributed by atoms with van der Waals surface area (Å²) in [5.41, 5.74) is 0. The number of sulfonamides is 1. The van der Waals surface area contributed by atoms with Crippen molar-refractivity contribution in [3.63, 3.8) is 0 Å². The summed E-state index contributed by atoms with van der Waals surface area (Å²) in [7, 11) is -1.89. The zero-order chi connectivity index (χ0) is 13.3. The fraction of sp³-hybridized carbons (Fsp3) is 0.667. The van der Waals surface area contributed by atoms with E-state index >= 15 is 0 Å². The van der Waals surface area contributed by atoms with Crippen LogP contribution in [0, 0.1) is 6.92 Å². The number of aryl methyl sites for hydroxylation is 1. The molecule has 1 aromatic rings. The largest absolute Gasteiger partial charge is 0.462 e. The average Bonchev–Trinajstić information content (AvgIpc) is 2.96. The van der Waals surface area contributed by atoms with Crippen LogP contribution in [-0.4, -0.2) is 30.9 Å². The van der Waals surface area contributed by atoms with Crippen LogP contribution in [0.15, 0.2) is 15.4 Å². The summed E-state index contributed by atoms with van der Waals surface area (Å²) >= 11 is 0. The minimum absolute atomic E-state index is 0.0851. The second-order valence-corrected chi connectivity index (χ2v) is 6.72. The molecule has 18 heavy (non-hydrogen) atoms. The number of hydrogen-bond donors (Lipinski definition) is 1. The van der Waals surface area contributed by atoms with E-state index in [0.29, 0.717) is 5.76 Å². The van der Waals surface area contributed by atoms with Crippen LogP contribution in [0.2, 0.25) is 0 Å². The van der Waals surface area contributed by atoms with Crippen molar-refractivity contribution in [3.8, 4) is 0 Å². The Kier molecular flexibility index (Phi) is 3.79.